The van der Waals surface area contributed by atoms with Gasteiger partial charge in [-0.05, 0) is 0 Å². The van der Waals surface area contributed by atoms with E-state index >= 15 is 0 Å². The van der Waals surface area contributed by atoms with Gasteiger partial charge in [-0.3, -0.25) is 4.70 Å². The van der Waals surface area contributed by atoms with Crippen LogP contribution in [-0.2, 0) is 43.4 Å². The SMILES string of the molecule is F.O.O.[Ti].[Ti]. The molecule has 0 bridgehead atoms. The van der Waals surface area contributed by atoms with Gasteiger partial charge in [0.05, 0.1) is 0 Å². The molecular weight excluding hydrogens is 147 g/mol. The fraction of sp³-hybridized carbons (Fsp3) is 0. The first kappa shape index (κ1) is 107. The molecule has 2 nitrogen and oxygen atoms in total. The Morgan fingerprint density at radius 2 is 0.600 bits per heavy atom. The van der Waals surface area contributed by atoms with Crippen LogP contribution in [0.4, 0.5) is 4.70 Å². The van der Waals surface area contributed by atoms with Crippen LogP contribution in [0, 0.1) is 0 Å². The molecule has 0 aromatic heterocycles. The molecule has 0 fully saturated rings. The predicted molar refractivity (Wildman–Crippen MR) is 9.73 cm³/mol. The summed E-state index contributed by atoms with van der Waals surface area (Å²) in [5.41, 5.74) is 0. The number of hydrogen-bond acceptors (Lipinski definition) is 0. The zero-order valence-electron chi connectivity index (χ0n) is 2.41. The van der Waals surface area contributed by atoms with E-state index in [9.17, 15) is 0 Å². The Balaban J connectivity index is 0. The number of hydrogen-bond donors (Lipinski definition) is 0. The van der Waals surface area contributed by atoms with Crippen molar-refractivity contribution in [1.82, 2.24) is 0 Å². The van der Waals surface area contributed by atoms with E-state index in [-0.39, 0.29) is 59.1 Å². The Labute approximate surface area is 59.1 Å². The number of rotatable bonds is 0. The average Bonchev–Trinajstić information content (AvgIpc) is 0. The molecule has 0 aliphatic carbocycles. The molecule has 0 spiro atoms. The van der Waals surface area contributed by atoms with E-state index in [1.54, 1.807) is 0 Å². The van der Waals surface area contributed by atoms with Crippen LogP contribution in [-0.4, -0.2) is 11.0 Å². The Kier molecular flexibility index (Phi) is 1270. The summed E-state index contributed by atoms with van der Waals surface area (Å²) < 4.78 is 0. The second-order valence-corrected chi connectivity index (χ2v) is 0. The van der Waals surface area contributed by atoms with Crippen LogP contribution in [0.3, 0.4) is 0 Å². The summed E-state index contributed by atoms with van der Waals surface area (Å²) >= 11 is 0. The molecular formula is H5FO2Ti2. The van der Waals surface area contributed by atoms with Crippen molar-refractivity contribution in [1.29, 1.82) is 0 Å². The summed E-state index contributed by atoms with van der Waals surface area (Å²) in [5.74, 6) is 0. The molecule has 0 atom stereocenters. The largest absolute Gasteiger partial charge is 0.412 e. The van der Waals surface area contributed by atoms with Crippen LogP contribution in [0.2, 0.25) is 0 Å². The van der Waals surface area contributed by atoms with Gasteiger partial charge in [0.2, 0.25) is 0 Å². The van der Waals surface area contributed by atoms with Crippen LogP contribution in [0.5, 0.6) is 0 Å². The normalized spacial score (nSPS) is 0. The monoisotopic (exact) mass is 152 g/mol. The predicted octanol–water partition coefficient (Wildman–Crippen LogP) is -1.50. The van der Waals surface area contributed by atoms with Gasteiger partial charge in [0.25, 0.3) is 0 Å². The van der Waals surface area contributed by atoms with Crippen LogP contribution in [0.15, 0.2) is 0 Å². The first-order valence-corrected chi connectivity index (χ1v) is 0. The standard InChI is InChI=1S/FH.2H2O.2Ti/h1H;2*1H2;;. The molecule has 0 heterocycles. The molecule has 0 amide bonds. The smallest absolute Gasteiger partial charge is 0 e. The van der Waals surface area contributed by atoms with Crippen molar-refractivity contribution >= 4 is 0 Å². The molecule has 0 saturated carbocycles. The summed E-state index contributed by atoms with van der Waals surface area (Å²) in [6.45, 7) is 0. The molecule has 0 saturated heterocycles. The molecule has 0 aliphatic heterocycles. The Bertz CT molecular complexity index is 7.61. The first-order valence-electron chi connectivity index (χ1n) is 0. The second kappa shape index (κ2) is 59.1. The molecule has 4 N–H and O–H groups in total. The minimum absolute atomic E-state index is 0. The van der Waals surface area contributed by atoms with Gasteiger partial charge in [-0.15, -0.1) is 0 Å². The molecule has 0 unspecified atom stereocenters. The molecule has 5 heavy (non-hydrogen) atoms. The van der Waals surface area contributed by atoms with Crippen molar-refractivity contribution in [3.63, 3.8) is 0 Å². The summed E-state index contributed by atoms with van der Waals surface area (Å²) in [7, 11) is 0. The third kappa shape index (κ3) is 34.7. The van der Waals surface area contributed by atoms with Gasteiger partial charge < -0.3 is 11.0 Å². The Hall–Kier alpha value is 1.28. The quantitative estimate of drug-likeness (QED) is 0.379. The maximum atomic E-state index is 0. The van der Waals surface area contributed by atoms with E-state index in [4.69, 9.17) is 0 Å². The van der Waals surface area contributed by atoms with E-state index in [2.05, 4.69) is 0 Å². The summed E-state index contributed by atoms with van der Waals surface area (Å²) in [6.07, 6.45) is 0. The molecule has 0 rings (SSSR count). The third-order valence-corrected chi connectivity index (χ3v) is 0. The molecule has 0 aliphatic rings. The summed E-state index contributed by atoms with van der Waals surface area (Å²) in [4.78, 5) is 0. The van der Waals surface area contributed by atoms with Crippen LogP contribution >= 0.6 is 0 Å². The van der Waals surface area contributed by atoms with Crippen molar-refractivity contribution in [2.75, 3.05) is 0 Å². The summed E-state index contributed by atoms with van der Waals surface area (Å²) in [5, 5.41) is 0. The maximum Gasteiger partial charge on any atom is 0 e. The molecule has 0 radical (unpaired) electrons. The van der Waals surface area contributed by atoms with Crippen molar-refractivity contribution in [2.24, 2.45) is 0 Å². The van der Waals surface area contributed by atoms with E-state index in [0.29, 0.717) is 0 Å². The minimum atomic E-state index is 0. The summed E-state index contributed by atoms with van der Waals surface area (Å²) in [6, 6.07) is 0. The minimum Gasteiger partial charge on any atom is -0.412 e. The Morgan fingerprint density at radius 3 is 0.600 bits per heavy atom. The van der Waals surface area contributed by atoms with Crippen LogP contribution < -0.4 is 0 Å². The van der Waals surface area contributed by atoms with Crippen molar-refractivity contribution in [2.45, 2.75) is 0 Å². The Morgan fingerprint density at radius 1 is 0.600 bits per heavy atom. The topological polar surface area (TPSA) is 63.0 Å². The first-order chi connectivity index (χ1) is 0. The van der Waals surface area contributed by atoms with Gasteiger partial charge in [0.1, 0.15) is 0 Å². The van der Waals surface area contributed by atoms with Crippen molar-refractivity contribution in [3.8, 4) is 0 Å². The van der Waals surface area contributed by atoms with Crippen molar-refractivity contribution < 1.29 is 59.1 Å². The van der Waals surface area contributed by atoms with Gasteiger partial charge in [0, 0.05) is 43.4 Å². The van der Waals surface area contributed by atoms with Gasteiger partial charge in [-0.25, -0.2) is 0 Å². The van der Waals surface area contributed by atoms with E-state index in [1.807, 2.05) is 0 Å². The molecule has 0 aromatic carbocycles. The molecule has 32 valence electrons. The zero-order valence-corrected chi connectivity index (χ0v) is 5.53. The maximum absolute atomic E-state index is 0. The number of halogens is 1. The van der Waals surface area contributed by atoms with Crippen LogP contribution in [0.25, 0.3) is 0 Å². The fourth-order valence-corrected chi connectivity index (χ4v) is 0. The third-order valence-electron chi connectivity index (χ3n) is 0. The second-order valence-electron chi connectivity index (χ2n) is 0. The van der Waals surface area contributed by atoms with Gasteiger partial charge in [-0.1, -0.05) is 0 Å². The zero-order chi connectivity index (χ0) is 0. The van der Waals surface area contributed by atoms with E-state index in [1.165, 1.54) is 0 Å². The van der Waals surface area contributed by atoms with Crippen molar-refractivity contribution in [3.05, 3.63) is 0 Å². The van der Waals surface area contributed by atoms with E-state index < -0.39 is 0 Å². The van der Waals surface area contributed by atoms with Gasteiger partial charge >= 0.3 is 0 Å². The molecule has 5 heteroatoms. The molecule has 0 aromatic rings. The van der Waals surface area contributed by atoms with Gasteiger partial charge in [-0.2, -0.15) is 0 Å². The fourth-order valence-electron chi connectivity index (χ4n) is 0. The average molecular weight is 152 g/mol. The van der Waals surface area contributed by atoms with Crippen LogP contribution in [0.1, 0.15) is 0 Å². The van der Waals surface area contributed by atoms with Gasteiger partial charge in [0.15, 0.2) is 0 Å². The van der Waals surface area contributed by atoms with E-state index in [0.717, 1.165) is 0 Å².